The molecule has 0 unspecified atom stereocenters. The molecule has 0 aliphatic carbocycles. The lowest BCUT2D eigenvalue weighted by molar-refractivity contribution is -0.188. The van der Waals surface area contributed by atoms with Crippen LogP contribution in [0.1, 0.15) is 70.2 Å². The topological polar surface area (TPSA) is 167 Å². The first-order valence-corrected chi connectivity index (χ1v) is 18.5. The fourth-order valence-corrected chi connectivity index (χ4v) is 7.29. The molecule has 7 rings (SSSR count). The standard InChI is InChI=1S/C40H46N10O4/c1-25(2)35(48-40-41-18-7-19-42-40)39(52)50-21-6-9-34(50)37-44-23-32(47-37)30-16-12-28(13-17-30)27-10-14-29(15-11-27)31-22-43-36(46-31)33-8-5-20-49(33)38(51)26(3)45-24-54-53-4/h7,10-19,22-26,33-35H,5-6,8-9,20-21H2,1-4H3,(H,43,46)(H,44,47)(H,41,42,48)/b45-24-/t26-,33-,34-,35+/m0/s1. The summed E-state index contributed by atoms with van der Waals surface area (Å²) in [5.41, 5.74) is 6.00. The Labute approximate surface area is 314 Å². The Bertz CT molecular complexity index is 2040. The van der Waals surface area contributed by atoms with Crippen molar-refractivity contribution in [2.45, 2.75) is 70.6 Å². The van der Waals surface area contributed by atoms with Gasteiger partial charge in [-0.1, -0.05) is 62.4 Å². The van der Waals surface area contributed by atoms with Crippen LogP contribution in [-0.4, -0.2) is 90.2 Å². The molecule has 54 heavy (non-hydrogen) atoms. The van der Waals surface area contributed by atoms with E-state index in [2.05, 4.69) is 88.6 Å². The molecule has 0 radical (unpaired) electrons. The highest BCUT2D eigenvalue weighted by molar-refractivity contribution is 5.85. The lowest BCUT2D eigenvalue weighted by atomic mass is 10.0. The average molecular weight is 731 g/mol. The molecule has 2 aromatic carbocycles. The van der Waals surface area contributed by atoms with Gasteiger partial charge in [-0.3, -0.25) is 9.59 Å². The first-order chi connectivity index (χ1) is 26.3. The van der Waals surface area contributed by atoms with Gasteiger partial charge in [0, 0.05) is 25.5 Å². The molecule has 0 bridgehead atoms. The number of H-pyrrole nitrogens is 2. The first kappa shape index (κ1) is 36.5. The number of anilines is 1. The van der Waals surface area contributed by atoms with Crippen molar-refractivity contribution in [1.82, 2.24) is 39.7 Å². The molecule has 2 saturated heterocycles. The number of amides is 2. The zero-order valence-corrected chi connectivity index (χ0v) is 31.0. The molecule has 0 saturated carbocycles. The van der Waals surface area contributed by atoms with Crippen LogP contribution >= 0.6 is 0 Å². The largest absolute Gasteiger partial charge is 0.342 e. The normalized spacial score (nSPS) is 18.4. The number of aromatic nitrogens is 6. The lowest BCUT2D eigenvalue weighted by Gasteiger charge is -2.30. The van der Waals surface area contributed by atoms with Crippen LogP contribution in [0.15, 0.2) is 84.4 Å². The third-order valence-corrected chi connectivity index (χ3v) is 10.2. The molecular weight excluding hydrogens is 685 g/mol. The summed E-state index contributed by atoms with van der Waals surface area (Å²) in [5.74, 6) is 2.00. The summed E-state index contributed by atoms with van der Waals surface area (Å²) in [6.45, 7) is 7.13. The number of aromatic amines is 2. The lowest BCUT2D eigenvalue weighted by Crippen LogP contribution is -2.45. The van der Waals surface area contributed by atoms with Crippen molar-refractivity contribution < 1.29 is 19.4 Å². The smallest absolute Gasteiger partial charge is 0.247 e. The Morgan fingerprint density at radius 3 is 1.78 bits per heavy atom. The minimum Gasteiger partial charge on any atom is -0.342 e. The van der Waals surface area contributed by atoms with E-state index in [-0.39, 0.29) is 29.8 Å². The summed E-state index contributed by atoms with van der Waals surface area (Å²) >= 11 is 0. The van der Waals surface area contributed by atoms with Gasteiger partial charge in [0.05, 0.1) is 43.0 Å². The molecular formula is C40H46N10O4. The maximum Gasteiger partial charge on any atom is 0.247 e. The van der Waals surface area contributed by atoms with Crippen molar-refractivity contribution in [2.75, 3.05) is 25.5 Å². The van der Waals surface area contributed by atoms with E-state index in [1.807, 2.05) is 36.0 Å². The van der Waals surface area contributed by atoms with E-state index in [0.29, 0.717) is 19.0 Å². The Hall–Kier alpha value is -5.89. The number of hydrogen-bond donors (Lipinski definition) is 3. The van der Waals surface area contributed by atoms with Gasteiger partial charge in [-0.25, -0.2) is 24.9 Å². The summed E-state index contributed by atoms with van der Waals surface area (Å²) in [7, 11) is 1.38. The van der Waals surface area contributed by atoms with Gasteiger partial charge in [-0.05, 0) is 66.8 Å². The zero-order chi connectivity index (χ0) is 37.6. The first-order valence-electron chi connectivity index (χ1n) is 18.5. The number of rotatable bonds is 13. The van der Waals surface area contributed by atoms with Crippen LogP contribution in [0.5, 0.6) is 0 Å². The van der Waals surface area contributed by atoms with Crippen LogP contribution < -0.4 is 5.32 Å². The van der Waals surface area contributed by atoms with Gasteiger partial charge in [-0.15, -0.1) is 0 Å². The molecule has 2 fully saturated rings. The maximum atomic E-state index is 13.8. The van der Waals surface area contributed by atoms with Crippen LogP contribution in [0.4, 0.5) is 5.95 Å². The van der Waals surface area contributed by atoms with E-state index in [1.165, 1.54) is 7.11 Å². The van der Waals surface area contributed by atoms with Crippen LogP contribution in [0, 0.1) is 5.92 Å². The summed E-state index contributed by atoms with van der Waals surface area (Å²) in [5, 5.41) is 3.24. The maximum absolute atomic E-state index is 13.8. The Balaban J connectivity index is 0.991. The quantitative estimate of drug-likeness (QED) is 0.0539. The molecule has 5 aromatic rings. The van der Waals surface area contributed by atoms with Gasteiger partial charge in [0.2, 0.25) is 24.2 Å². The Morgan fingerprint density at radius 2 is 1.28 bits per heavy atom. The number of benzene rings is 2. The summed E-state index contributed by atoms with van der Waals surface area (Å²) < 4.78 is 0. The Morgan fingerprint density at radius 1 is 0.778 bits per heavy atom. The van der Waals surface area contributed by atoms with Gasteiger partial charge in [-0.2, -0.15) is 4.89 Å². The molecule has 14 nitrogen and oxygen atoms in total. The predicted octanol–water partition coefficient (Wildman–Crippen LogP) is 6.38. The second-order valence-corrected chi connectivity index (χ2v) is 14.0. The minimum atomic E-state index is -0.587. The van der Waals surface area contributed by atoms with Crippen molar-refractivity contribution >= 4 is 24.2 Å². The number of carbonyl (C=O) groups excluding carboxylic acids is 2. The van der Waals surface area contributed by atoms with Crippen molar-refractivity contribution in [3.63, 3.8) is 0 Å². The van der Waals surface area contributed by atoms with Crippen LogP contribution in [-0.2, 0) is 19.4 Å². The Kier molecular flexibility index (Phi) is 11.1. The van der Waals surface area contributed by atoms with Crippen molar-refractivity contribution in [3.8, 4) is 33.6 Å². The number of hydrogen-bond acceptors (Lipinski definition) is 10. The molecule has 4 atom stereocenters. The number of carbonyl (C=O) groups is 2. The van der Waals surface area contributed by atoms with Crippen molar-refractivity contribution in [1.29, 1.82) is 0 Å². The van der Waals surface area contributed by atoms with Crippen LogP contribution in [0.25, 0.3) is 33.6 Å². The molecule has 280 valence electrons. The van der Waals surface area contributed by atoms with Gasteiger partial charge in [0.25, 0.3) is 0 Å². The highest BCUT2D eigenvalue weighted by Gasteiger charge is 2.37. The van der Waals surface area contributed by atoms with Crippen molar-refractivity contribution in [2.24, 2.45) is 10.9 Å². The summed E-state index contributed by atoms with van der Waals surface area (Å²) in [4.78, 5) is 68.9. The number of imidazole rings is 2. The number of nitrogens with one attached hydrogen (secondary N) is 3. The summed E-state index contributed by atoms with van der Waals surface area (Å²) in [6, 6.07) is 17.2. The van der Waals surface area contributed by atoms with E-state index in [0.717, 1.165) is 77.4 Å². The highest BCUT2D eigenvalue weighted by Crippen LogP contribution is 2.35. The molecule has 2 aliphatic heterocycles. The second kappa shape index (κ2) is 16.4. The van der Waals surface area contributed by atoms with E-state index in [9.17, 15) is 9.59 Å². The average Bonchev–Trinajstić information content (AvgIpc) is 4.04. The molecule has 2 amide bonds. The molecule has 14 heteroatoms. The third-order valence-electron chi connectivity index (χ3n) is 10.2. The molecule has 3 N–H and O–H groups in total. The van der Waals surface area contributed by atoms with Gasteiger partial charge in [0.15, 0.2) is 0 Å². The fourth-order valence-electron chi connectivity index (χ4n) is 7.29. The highest BCUT2D eigenvalue weighted by atomic mass is 17.2. The number of nitrogens with zero attached hydrogens (tertiary/aromatic N) is 7. The second-order valence-electron chi connectivity index (χ2n) is 14.0. The van der Waals surface area contributed by atoms with E-state index >= 15 is 0 Å². The molecule has 5 heterocycles. The van der Waals surface area contributed by atoms with Gasteiger partial charge >= 0.3 is 0 Å². The number of aliphatic imine (C=N–C) groups is 1. The monoisotopic (exact) mass is 730 g/mol. The van der Waals surface area contributed by atoms with Gasteiger partial charge < -0.3 is 30.0 Å². The summed E-state index contributed by atoms with van der Waals surface area (Å²) in [6.07, 6.45) is 11.6. The molecule has 2 aliphatic rings. The SMILES string of the molecule is COO/C=N\[C@@H](C)C(=O)N1CCC[C@H]1c1ncc(-c2ccc(-c3ccc(-c4cnc([C@@H]5CCCN5C(=O)[C@H](Nc5ncccn5)C(C)C)[nH]4)cc3)cc2)[nH]1. The van der Waals surface area contributed by atoms with E-state index in [4.69, 9.17) is 9.87 Å². The predicted molar refractivity (Wildman–Crippen MR) is 205 cm³/mol. The van der Waals surface area contributed by atoms with E-state index < -0.39 is 12.1 Å². The minimum absolute atomic E-state index is 0.0276. The van der Waals surface area contributed by atoms with Crippen LogP contribution in [0.2, 0.25) is 0 Å². The number of likely N-dealkylation sites (tertiary alicyclic amines) is 2. The third kappa shape index (κ3) is 7.88. The van der Waals surface area contributed by atoms with Crippen molar-refractivity contribution in [3.05, 3.63) is 91.0 Å². The van der Waals surface area contributed by atoms with Gasteiger partial charge in [0.1, 0.15) is 23.7 Å². The molecule has 0 spiro atoms. The fraction of sp³-hybridized carbons (Fsp3) is 0.375. The molecule has 3 aromatic heterocycles. The van der Waals surface area contributed by atoms with E-state index in [1.54, 1.807) is 25.4 Å². The van der Waals surface area contributed by atoms with Crippen LogP contribution in [0.3, 0.4) is 0 Å². The zero-order valence-electron chi connectivity index (χ0n) is 31.0.